The van der Waals surface area contributed by atoms with E-state index in [1.54, 1.807) is 0 Å². The molecule has 2 heterocycles. The van der Waals surface area contributed by atoms with Gasteiger partial charge in [0.05, 0.1) is 6.20 Å². The maximum Gasteiger partial charge on any atom is 0.0568 e. The SMILES string of the molecule is c1cc(-c2cnn(CC3CC3)c2)ccn1. The molecule has 0 radical (unpaired) electrons. The third-order valence-corrected chi connectivity index (χ3v) is 2.79. The van der Waals surface area contributed by atoms with E-state index in [0.717, 1.165) is 12.5 Å². The molecular weight excluding hydrogens is 186 g/mol. The zero-order chi connectivity index (χ0) is 10.1. The van der Waals surface area contributed by atoms with E-state index >= 15 is 0 Å². The standard InChI is InChI=1S/C12H13N3/c1-2-10(1)8-15-9-12(7-14-15)11-3-5-13-6-4-11/h3-7,9-10H,1-2,8H2. The van der Waals surface area contributed by atoms with Crippen LogP contribution in [0.3, 0.4) is 0 Å². The van der Waals surface area contributed by atoms with Crippen LogP contribution in [0.2, 0.25) is 0 Å². The molecule has 2 aromatic heterocycles. The summed E-state index contributed by atoms with van der Waals surface area (Å²) < 4.78 is 2.05. The Hall–Kier alpha value is -1.64. The Balaban J connectivity index is 1.83. The van der Waals surface area contributed by atoms with Gasteiger partial charge in [-0.2, -0.15) is 5.10 Å². The summed E-state index contributed by atoms with van der Waals surface area (Å²) in [4.78, 5) is 4.01. The van der Waals surface area contributed by atoms with Gasteiger partial charge in [0.1, 0.15) is 0 Å². The lowest BCUT2D eigenvalue weighted by atomic mass is 10.1. The first-order valence-corrected chi connectivity index (χ1v) is 5.35. The van der Waals surface area contributed by atoms with Gasteiger partial charge in [-0.25, -0.2) is 0 Å². The van der Waals surface area contributed by atoms with Crippen molar-refractivity contribution in [3.05, 3.63) is 36.9 Å². The van der Waals surface area contributed by atoms with E-state index in [9.17, 15) is 0 Å². The first-order chi connectivity index (χ1) is 7.42. The van der Waals surface area contributed by atoms with Crippen molar-refractivity contribution in [1.82, 2.24) is 14.8 Å². The van der Waals surface area contributed by atoms with E-state index < -0.39 is 0 Å². The van der Waals surface area contributed by atoms with Gasteiger partial charge in [-0.15, -0.1) is 0 Å². The van der Waals surface area contributed by atoms with E-state index in [-0.39, 0.29) is 0 Å². The molecule has 0 N–H and O–H groups in total. The molecule has 15 heavy (non-hydrogen) atoms. The van der Waals surface area contributed by atoms with Crippen LogP contribution in [-0.4, -0.2) is 14.8 Å². The highest BCUT2D eigenvalue weighted by Gasteiger charge is 2.21. The van der Waals surface area contributed by atoms with Gasteiger partial charge in [0.15, 0.2) is 0 Å². The molecule has 0 atom stereocenters. The Morgan fingerprint density at radius 2 is 2.00 bits per heavy atom. The highest BCUT2D eigenvalue weighted by molar-refractivity contribution is 5.60. The summed E-state index contributed by atoms with van der Waals surface area (Å²) in [6.07, 6.45) is 10.4. The van der Waals surface area contributed by atoms with Crippen LogP contribution in [0.5, 0.6) is 0 Å². The molecule has 0 unspecified atom stereocenters. The van der Waals surface area contributed by atoms with Crippen molar-refractivity contribution < 1.29 is 0 Å². The Morgan fingerprint density at radius 3 is 2.73 bits per heavy atom. The molecule has 1 saturated carbocycles. The lowest BCUT2D eigenvalue weighted by Crippen LogP contribution is -1.98. The van der Waals surface area contributed by atoms with Gasteiger partial charge in [-0.1, -0.05) is 0 Å². The average molecular weight is 199 g/mol. The second kappa shape index (κ2) is 3.50. The molecule has 76 valence electrons. The number of hydrogen-bond donors (Lipinski definition) is 0. The fraction of sp³-hybridized carbons (Fsp3) is 0.333. The molecule has 1 aliphatic rings. The summed E-state index contributed by atoms with van der Waals surface area (Å²) in [5, 5.41) is 4.37. The number of aromatic nitrogens is 3. The highest BCUT2D eigenvalue weighted by Crippen LogP contribution is 2.30. The average Bonchev–Trinajstić information content (AvgIpc) is 2.96. The van der Waals surface area contributed by atoms with Gasteiger partial charge in [-0.3, -0.25) is 9.67 Å². The monoisotopic (exact) mass is 199 g/mol. The normalized spacial score (nSPS) is 15.5. The second-order valence-corrected chi connectivity index (χ2v) is 4.13. The summed E-state index contributed by atoms with van der Waals surface area (Å²) in [7, 11) is 0. The van der Waals surface area contributed by atoms with Crippen LogP contribution in [0.4, 0.5) is 0 Å². The number of pyridine rings is 1. The predicted octanol–water partition coefficient (Wildman–Crippen LogP) is 2.36. The Morgan fingerprint density at radius 1 is 1.20 bits per heavy atom. The first-order valence-electron chi connectivity index (χ1n) is 5.35. The van der Waals surface area contributed by atoms with Crippen LogP contribution in [0.25, 0.3) is 11.1 Å². The lowest BCUT2D eigenvalue weighted by molar-refractivity contribution is 0.563. The van der Waals surface area contributed by atoms with E-state index in [0.29, 0.717) is 0 Å². The van der Waals surface area contributed by atoms with Gasteiger partial charge in [0, 0.05) is 30.7 Å². The third-order valence-electron chi connectivity index (χ3n) is 2.79. The summed E-state index contributed by atoms with van der Waals surface area (Å²) in [5.41, 5.74) is 2.37. The Bertz CT molecular complexity index is 443. The van der Waals surface area contributed by atoms with Crippen LogP contribution in [0, 0.1) is 5.92 Å². The number of nitrogens with zero attached hydrogens (tertiary/aromatic N) is 3. The minimum absolute atomic E-state index is 0.871. The fourth-order valence-electron chi connectivity index (χ4n) is 1.72. The summed E-state index contributed by atoms with van der Waals surface area (Å²) >= 11 is 0. The predicted molar refractivity (Wildman–Crippen MR) is 58.2 cm³/mol. The van der Waals surface area contributed by atoms with Crippen molar-refractivity contribution in [1.29, 1.82) is 0 Å². The number of hydrogen-bond acceptors (Lipinski definition) is 2. The van der Waals surface area contributed by atoms with Gasteiger partial charge in [0.25, 0.3) is 0 Å². The molecule has 0 spiro atoms. The molecule has 0 amide bonds. The topological polar surface area (TPSA) is 30.7 Å². The highest BCUT2D eigenvalue weighted by atomic mass is 15.3. The molecule has 1 fully saturated rings. The summed E-state index contributed by atoms with van der Waals surface area (Å²) in [6, 6.07) is 4.02. The van der Waals surface area contributed by atoms with Crippen molar-refractivity contribution in [3.8, 4) is 11.1 Å². The van der Waals surface area contributed by atoms with Crippen molar-refractivity contribution in [3.63, 3.8) is 0 Å². The fourth-order valence-corrected chi connectivity index (χ4v) is 1.72. The first kappa shape index (κ1) is 8.65. The quantitative estimate of drug-likeness (QED) is 0.759. The Labute approximate surface area is 88.8 Å². The zero-order valence-corrected chi connectivity index (χ0v) is 8.50. The van der Waals surface area contributed by atoms with E-state index in [1.807, 2.05) is 35.4 Å². The smallest absolute Gasteiger partial charge is 0.0568 e. The maximum absolute atomic E-state index is 4.37. The second-order valence-electron chi connectivity index (χ2n) is 4.13. The zero-order valence-electron chi connectivity index (χ0n) is 8.50. The molecular formula is C12H13N3. The van der Waals surface area contributed by atoms with Gasteiger partial charge in [0.2, 0.25) is 0 Å². The van der Waals surface area contributed by atoms with Crippen LogP contribution >= 0.6 is 0 Å². The molecule has 1 aliphatic carbocycles. The van der Waals surface area contributed by atoms with E-state index in [1.165, 1.54) is 24.0 Å². The van der Waals surface area contributed by atoms with Crippen molar-refractivity contribution >= 4 is 0 Å². The molecule has 0 aromatic carbocycles. The van der Waals surface area contributed by atoms with Crippen molar-refractivity contribution in [2.24, 2.45) is 5.92 Å². The van der Waals surface area contributed by atoms with Gasteiger partial charge >= 0.3 is 0 Å². The summed E-state index contributed by atoms with van der Waals surface area (Å²) in [5.74, 6) is 0.871. The minimum atomic E-state index is 0.871. The molecule has 0 aliphatic heterocycles. The maximum atomic E-state index is 4.37. The lowest BCUT2D eigenvalue weighted by Gasteiger charge is -1.97. The third kappa shape index (κ3) is 1.91. The number of rotatable bonds is 3. The van der Waals surface area contributed by atoms with Crippen LogP contribution in [0.1, 0.15) is 12.8 Å². The summed E-state index contributed by atoms with van der Waals surface area (Å²) in [6.45, 7) is 1.07. The van der Waals surface area contributed by atoms with Gasteiger partial charge < -0.3 is 0 Å². The van der Waals surface area contributed by atoms with Crippen LogP contribution < -0.4 is 0 Å². The van der Waals surface area contributed by atoms with Crippen LogP contribution in [0.15, 0.2) is 36.9 Å². The molecule has 3 rings (SSSR count). The van der Waals surface area contributed by atoms with Crippen molar-refractivity contribution in [2.45, 2.75) is 19.4 Å². The van der Waals surface area contributed by atoms with E-state index in [4.69, 9.17) is 0 Å². The Kier molecular flexibility index (Phi) is 2.02. The molecule has 0 bridgehead atoms. The molecule has 3 nitrogen and oxygen atoms in total. The molecule has 3 heteroatoms. The van der Waals surface area contributed by atoms with Gasteiger partial charge in [-0.05, 0) is 36.5 Å². The van der Waals surface area contributed by atoms with E-state index in [2.05, 4.69) is 16.3 Å². The largest absolute Gasteiger partial charge is 0.272 e. The molecule has 0 saturated heterocycles. The molecule has 2 aromatic rings. The van der Waals surface area contributed by atoms with Crippen LogP contribution in [-0.2, 0) is 6.54 Å². The van der Waals surface area contributed by atoms with Crippen molar-refractivity contribution in [2.75, 3.05) is 0 Å². The minimum Gasteiger partial charge on any atom is -0.272 e.